The number of likely N-dealkylation sites (tertiary alicyclic amines) is 1. The van der Waals surface area contributed by atoms with Crippen molar-refractivity contribution in [1.29, 1.82) is 0 Å². The van der Waals surface area contributed by atoms with Gasteiger partial charge in [0.15, 0.2) is 0 Å². The Morgan fingerprint density at radius 2 is 1.68 bits per heavy atom. The van der Waals surface area contributed by atoms with E-state index in [1.807, 2.05) is 0 Å². The molecule has 1 unspecified atom stereocenters. The highest BCUT2D eigenvalue weighted by Crippen LogP contribution is 2.30. The van der Waals surface area contributed by atoms with Crippen LogP contribution in [0.2, 0.25) is 0 Å². The average Bonchev–Trinajstić information content (AvgIpc) is 2.92. The van der Waals surface area contributed by atoms with Gasteiger partial charge in [-0.2, -0.15) is 0 Å². The van der Waals surface area contributed by atoms with Crippen LogP contribution in [0.15, 0.2) is 17.0 Å². The molecule has 1 aromatic carbocycles. The van der Waals surface area contributed by atoms with Crippen molar-refractivity contribution in [2.45, 2.75) is 96.0 Å². The Bertz CT molecular complexity index is 1040. The lowest BCUT2D eigenvalue weighted by molar-refractivity contribution is -0.122. The van der Waals surface area contributed by atoms with Gasteiger partial charge in [-0.15, -0.1) is 0 Å². The predicted molar refractivity (Wildman–Crippen MR) is 162 cm³/mol. The molecule has 1 amide bonds. The van der Waals surface area contributed by atoms with E-state index in [1.165, 1.54) is 43.2 Å². The van der Waals surface area contributed by atoms with Crippen LogP contribution in [0.3, 0.4) is 0 Å². The number of rotatable bonds is 13. The first-order valence-electron chi connectivity index (χ1n) is 15.3. The minimum absolute atomic E-state index is 0.0759. The van der Waals surface area contributed by atoms with Crippen molar-refractivity contribution in [3.8, 4) is 5.75 Å². The third-order valence-corrected chi connectivity index (χ3v) is 11.6. The Morgan fingerprint density at radius 3 is 2.23 bits per heavy atom. The zero-order chi connectivity index (χ0) is 29.4. The van der Waals surface area contributed by atoms with E-state index in [0.29, 0.717) is 22.9 Å². The zero-order valence-electron chi connectivity index (χ0n) is 26.0. The molecule has 1 aliphatic heterocycles. The van der Waals surface area contributed by atoms with E-state index < -0.39 is 10.0 Å². The lowest BCUT2D eigenvalue weighted by atomic mass is 9.83. The molecule has 0 radical (unpaired) electrons. The van der Waals surface area contributed by atoms with Gasteiger partial charge in [-0.1, -0.05) is 13.8 Å². The number of sulfonamides is 1. The summed E-state index contributed by atoms with van der Waals surface area (Å²) in [5.74, 6) is 2.19. The number of nitrogens with one attached hydrogen (secondary N) is 1. The highest BCUT2D eigenvalue weighted by Gasteiger charge is 2.29. The summed E-state index contributed by atoms with van der Waals surface area (Å²) in [5, 5.41) is 3.18. The SMILES string of the molecule is CCN(CCC(C)C1CCN(C)CC1)C1CCC(NC(=O)CCN(C)S(=O)(=O)c2c(C)cc(OC)cc2C)CC1. The molecule has 1 N–H and O–H groups in total. The van der Waals surface area contributed by atoms with Gasteiger partial charge < -0.3 is 19.9 Å². The molecule has 1 heterocycles. The molecular weight excluding hydrogens is 524 g/mol. The number of carbonyl (C=O) groups is 1. The summed E-state index contributed by atoms with van der Waals surface area (Å²) in [7, 11) is 1.64. The fourth-order valence-corrected chi connectivity index (χ4v) is 8.23. The lowest BCUT2D eigenvalue weighted by Crippen LogP contribution is -2.45. The second kappa shape index (κ2) is 15.0. The Labute approximate surface area is 243 Å². The summed E-state index contributed by atoms with van der Waals surface area (Å²) in [4.78, 5) is 18.1. The van der Waals surface area contributed by atoms with Crippen molar-refractivity contribution >= 4 is 15.9 Å². The fraction of sp³-hybridized carbons (Fsp3) is 0.774. The molecule has 8 nitrogen and oxygen atoms in total. The van der Waals surface area contributed by atoms with Gasteiger partial charge in [-0.3, -0.25) is 4.79 Å². The third-order valence-electron chi connectivity index (χ3n) is 9.42. The van der Waals surface area contributed by atoms with Gasteiger partial charge in [0.1, 0.15) is 5.75 Å². The van der Waals surface area contributed by atoms with Crippen LogP contribution in [0.4, 0.5) is 0 Å². The molecule has 1 atom stereocenters. The molecule has 2 aliphatic rings. The van der Waals surface area contributed by atoms with Crippen molar-refractivity contribution in [3.63, 3.8) is 0 Å². The van der Waals surface area contributed by atoms with E-state index in [9.17, 15) is 13.2 Å². The molecular formula is C31H54N4O4S. The van der Waals surface area contributed by atoms with Gasteiger partial charge in [-0.05, 0) is 127 Å². The van der Waals surface area contributed by atoms with E-state index in [-0.39, 0.29) is 29.8 Å². The molecule has 9 heteroatoms. The van der Waals surface area contributed by atoms with Crippen molar-refractivity contribution < 1.29 is 17.9 Å². The van der Waals surface area contributed by atoms with E-state index in [1.54, 1.807) is 40.1 Å². The minimum Gasteiger partial charge on any atom is -0.497 e. The first-order chi connectivity index (χ1) is 19.0. The molecule has 0 bridgehead atoms. The summed E-state index contributed by atoms with van der Waals surface area (Å²) < 4.78 is 33.1. The number of ether oxygens (including phenoxy) is 1. The topological polar surface area (TPSA) is 82.2 Å². The number of amides is 1. The number of hydrogen-bond donors (Lipinski definition) is 1. The Morgan fingerprint density at radius 1 is 1.07 bits per heavy atom. The van der Waals surface area contributed by atoms with Crippen LogP contribution in [0.1, 0.15) is 76.3 Å². The van der Waals surface area contributed by atoms with Crippen molar-refractivity contribution in [2.75, 3.05) is 53.9 Å². The molecule has 2 fully saturated rings. The maximum atomic E-state index is 13.2. The smallest absolute Gasteiger partial charge is 0.243 e. The minimum atomic E-state index is -3.71. The van der Waals surface area contributed by atoms with Gasteiger partial charge >= 0.3 is 0 Å². The van der Waals surface area contributed by atoms with E-state index in [4.69, 9.17) is 4.74 Å². The van der Waals surface area contributed by atoms with Gasteiger partial charge in [0.25, 0.3) is 0 Å². The molecule has 228 valence electrons. The summed E-state index contributed by atoms with van der Waals surface area (Å²) in [5.41, 5.74) is 1.28. The quantitative estimate of drug-likeness (QED) is 0.373. The summed E-state index contributed by atoms with van der Waals surface area (Å²) >= 11 is 0. The van der Waals surface area contributed by atoms with Crippen LogP contribution in [0.25, 0.3) is 0 Å². The number of hydrogen-bond acceptors (Lipinski definition) is 6. The molecule has 0 aromatic heterocycles. The van der Waals surface area contributed by atoms with E-state index in [2.05, 4.69) is 36.0 Å². The average molecular weight is 579 g/mol. The van der Waals surface area contributed by atoms with Crippen LogP contribution in [0, 0.1) is 25.7 Å². The molecule has 40 heavy (non-hydrogen) atoms. The van der Waals surface area contributed by atoms with Crippen molar-refractivity contribution in [2.24, 2.45) is 11.8 Å². The second-order valence-corrected chi connectivity index (χ2v) is 14.3. The maximum absolute atomic E-state index is 13.2. The Hall–Kier alpha value is -1.68. The first-order valence-corrected chi connectivity index (χ1v) is 16.7. The summed E-state index contributed by atoms with van der Waals surface area (Å²) in [6, 6.07) is 4.22. The molecule has 0 spiro atoms. The Balaban J connectivity index is 1.42. The first kappa shape index (κ1) is 32.8. The van der Waals surface area contributed by atoms with Crippen LogP contribution < -0.4 is 10.1 Å². The molecule has 3 rings (SSSR count). The predicted octanol–water partition coefficient (Wildman–Crippen LogP) is 4.44. The molecule has 1 saturated carbocycles. The van der Waals surface area contributed by atoms with Gasteiger partial charge in [-0.25, -0.2) is 12.7 Å². The van der Waals surface area contributed by atoms with Crippen LogP contribution >= 0.6 is 0 Å². The number of benzene rings is 1. The lowest BCUT2D eigenvalue weighted by Gasteiger charge is -2.38. The summed E-state index contributed by atoms with van der Waals surface area (Å²) in [6.07, 6.45) is 8.25. The number of nitrogens with zero attached hydrogens (tertiary/aromatic N) is 3. The van der Waals surface area contributed by atoms with E-state index >= 15 is 0 Å². The number of methoxy groups -OCH3 is 1. The largest absolute Gasteiger partial charge is 0.497 e. The monoisotopic (exact) mass is 578 g/mol. The second-order valence-electron chi connectivity index (χ2n) is 12.3. The molecule has 1 saturated heterocycles. The number of carbonyl (C=O) groups excluding carboxylic acids is 1. The normalized spacial score (nSPS) is 22.0. The highest BCUT2D eigenvalue weighted by molar-refractivity contribution is 7.89. The standard InChI is InChI=1S/C31H54N4O4S/c1-8-35(20-13-23(2)26-14-17-33(5)18-15-26)28-11-9-27(10-12-28)32-30(36)16-19-34(6)40(37,38)31-24(3)21-29(39-7)22-25(31)4/h21-23,26-28H,8-20H2,1-7H3,(H,32,36). The third kappa shape index (κ3) is 8.66. The Kier molecular flexibility index (Phi) is 12.3. The van der Waals surface area contributed by atoms with Gasteiger partial charge in [0, 0.05) is 32.1 Å². The van der Waals surface area contributed by atoms with E-state index in [0.717, 1.165) is 44.1 Å². The fourth-order valence-electron chi connectivity index (χ4n) is 6.66. The zero-order valence-corrected chi connectivity index (χ0v) is 26.9. The van der Waals surface area contributed by atoms with Gasteiger partial charge in [0.05, 0.1) is 12.0 Å². The molecule has 1 aliphatic carbocycles. The van der Waals surface area contributed by atoms with Crippen molar-refractivity contribution in [3.05, 3.63) is 23.3 Å². The van der Waals surface area contributed by atoms with Crippen LogP contribution in [-0.4, -0.2) is 94.4 Å². The highest BCUT2D eigenvalue weighted by atomic mass is 32.2. The maximum Gasteiger partial charge on any atom is 0.243 e. The van der Waals surface area contributed by atoms with Crippen molar-refractivity contribution in [1.82, 2.24) is 19.4 Å². The summed E-state index contributed by atoms with van der Waals surface area (Å²) in [6.45, 7) is 13.1. The van der Waals surface area contributed by atoms with Crippen LogP contribution in [-0.2, 0) is 14.8 Å². The van der Waals surface area contributed by atoms with Gasteiger partial charge in [0.2, 0.25) is 15.9 Å². The van der Waals surface area contributed by atoms with Crippen LogP contribution in [0.5, 0.6) is 5.75 Å². The number of piperidine rings is 1. The number of aryl methyl sites for hydroxylation is 2. The molecule has 1 aromatic rings.